The van der Waals surface area contributed by atoms with Gasteiger partial charge >= 0.3 is 6.03 Å². The Labute approximate surface area is 212 Å². The maximum absolute atomic E-state index is 13.2. The van der Waals surface area contributed by atoms with Gasteiger partial charge in [-0.25, -0.2) is 4.79 Å². The third kappa shape index (κ3) is 5.10. The lowest BCUT2D eigenvalue weighted by molar-refractivity contribution is -0.131. The Bertz CT molecular complexity index is 1130. The van der Waals surface area contributed by atoms with Crippen molar-refractivity contribution < 1.29 is 14.4 Å². The fourth-order valence-corrected chi connectivity index (χ4v) is 5.51. The molecule has 1 aliphatic carbocycles. The van der Waals surface area contributed by atoms with E-state index in [-0.39, 0.29) is 30.3 Å². The van der Waals surface area contributed by atoms with Crippen molar-refractivity contribution in [3.63, 3.8) is 0 Å². The van der Waals surface area contributed by atoms with E-state index < -0.39 is 0 Å². The van der Waals surface area contributed by atoms with Gasteiger partial charge in [-0.15, -0.1) is 0 Å². The van der Waals surface area contributed by atoms with Crippen LogP contribution in [0.4, 0.5) is 10.5 Å². The van der Waals surface area contributed by atoms with Crippen molar-refractivity contribution in [2.75, 3.05) is 24.5 Å². The number of rotatable bonds is 7. The molecule has 0 bridgehead atoms. The number of benzene rings is 1. The van der Waals surface area contributed by atoms with Crippen LogP contribution in [0.25, 0.3) is 0 Å². The SMILES string of the molecule is CC(C)Cn1nc(C(=O)NC2CCCC2)c2c1CCN(C(=O)Cc1ccc(N3CCNC3=O)cc1)C2. The van der Waals surface area contributed by atoms with Gasteiger partial charge in [0.15, 0.2) is 5.69 Å². The Hall–Kier alpha value is -3.36. The molecular weight excluding hydrogens is 456 g/mol. The highest BCUT2D eigenvalue weighted by atomic mass is 16.2. The highest BCUT2D eigenvalue weighted by Crippen LogP contribution is 2.26. The first-order valence-corrected chi connectivity index (χ1v) is 13.2. The van der Waals surface area contributed by atoms with E-state index in [0.29, 0.717) is 44.2 Å². The molecule has 1 saturated carbocycles. The average Bonchev–Trinajstić information content (AvgIpc) is 3.60. The van der Waals surface area contributed by atoms with Crippen LogP contribution in [0.15, 0.2) is 24.3 Å². The molecule has 0 spiro atoms. The van der Waals surface area contributed by atoms with Gasteiger partial charge in [-0.3, -0.25) is 19.2 Å². The number of carbonyl (C=O) groups excluding carboxylic acids is 3. The Morgan fingerprint density at radius 3 is 2.56 bits per heavy atom. The summed E-state index contributed by atoms with van der Waals surface area (Å²) in [6, 6.07) is 7.74. The fraction of sp³-hybridized carbons (Fsp3) is 0.556. The number of hydrogen-bond donors (Lipinski definition) is 2. The molecule has 1 saturated heterocycles. The molecule has 0 atom stereocenters. The Kier molecular flexibility index (Phi) is 6.98. The molecule has 3 aliphatic rings. The standard InChI is InChI=1S/C27H36N6O3/c1-18(2)16-33-23-11-13-31(17-22(23)25(30-33)26(35)29-20-5-3-4-6-20)24(34)15-19-7-9-21(10-8-19)32-14-12-28-27(32)36/h7-10,18,20H,3-6,11-17H2,1-2H3,(H,28,36)(H,29,35). The Morgan fingerprint density at radius 1 is 1.14 bits per heavy atom. The molecule has 36 heavy (non-hydrogen) atoms. The van der Waals surface area contributed by atoms with Gasteiger partial charge in [0, 0.05) is 62.1 Å². The first kappa shape index (κ1) is 24.3. The average molecular weight is 493 g/mol. The zero-order valence-corrected chi connectivity index (χ0v) is 21.3. The molecule has 9 nitrogen and oxygen atoms in total. The summed E-state index contributed by atoms with van der Waals surface area (Å²) < 4.78 is 1.98. The van der Waals surface area contributed by atoms with Gasteiger partial charge in [0.2, 0.25) is 5.91 Å². The Morgan fingerprint density at radius 2 is 1.89 bits per heavy atom. The van der Waals surface area contributed by atoms with E-state index in [1.165, 1.54) is 0 Å². The summed E-state index contributed by atoms with van der Waals surface area (Å²) in [4.78, 5) is 41.9. The van der Waals surface area contributed by atoms with Crippen molar-refractivity contribution in [2.45, 2.75) is 71.5 Å². The molecule has 2 N–H and O–H groups in total. The summed E-state index contributed by atoms with van der Waals surface area (Å²) in [6.45, 7) is 7.36. The van der Waals surface area contributed by atoms with Crippen LogP contribution in [0, 0.1) is 5.92 Å². The normalized spacial score (nSPS) is 18.0. The number of urea groups is 1. The number of fused-ring (bicyclic) bond motifs is 1. The van der Waals surface area contributed by atoms with Gasteiger partial charge < -0.3 is 15.5 Å². The third-order valence-electron chi connectivity index (χ3n) is 7.39. The molecule has 0 unspecified atom stereocenters. The molecule has 1 aromatic heterocycles. The van der Waals surface area contributed by atoms with Crippen molar-refractivity contribution in [3.05, 3.63) is 46.8 Å². The van der Waals surface area contributed by atoms with Crippen LogP contribution in [0.2, 0.25) is 0 Å². The zero-order valence-electron chi connectivity index (χ0n) is 21.3. The molecule has 2 aliphatic heterocycles. The minimum absolute atomic E-state index is 0.0334. The monoisotopic (exact) mass is 492 g/mol. The number of amides is 4. The number of hydrogen-bond acceptors (Lipinski definition) is 4. The van der Waals surface area contributed by atoms with E-state index in [4.69, 9.17) is 5.10 Å². The summed E-state index contributed by atoms with van der Waals surface area (Å²) in [5.41, 5.74) is 4.19. The fourth-order valence-electron chi connectivity index (χ4n) is 5.51. The lowest BCUT2D eigenvalue weighted by Crippen LogP contribution is -2.38. The zero-order chi connectivity index (χ0) is 25.2. The van der Waals surface area contributed by atoms with Crippen molar-refractivity contribution in [1.29, 1.82) is 0 Å². The smallest absolute Gasteiger partial charge is 0.321 e. The third-order valence-corrected chi connectivity index (χ3v) is 7.39. The molecule has 3 heterocycles. The van der Waals surface area contributed by atoms with E-state index in [0.717, 1.165) is 54.7 Å². The number of anilines is 1. The van der Waals surface area contributed by atoms with Crippen LogP contribution in [0.5, 0.6) is 0 Å². The van der Waals surface area contributed by atoms with Gasteiger partial charge in [0.25, 0.3) is 5.91 Å². The van der Waals surface area contributed by atoms with Gasteiger partial charge in [-0.1, -0.05) is 38.8 Å². The molecule has 5 rings (SSSR count). The summed E-state index contributed by atoms with van der Waals surface area (Å²) >= 11 is 0. The lowest BCUT2D eigenvalue weighted by atomic mass is 10.0. The van der Waals surface area contributed by atoms with E-state index in [1.807, 2.05) is 33.8 Å². The lowest BCUT2D eigenvalue weighted by Gasteiger charge is -2.28. The van der Waals surface area contributed by atoms with Gasteiger partial charge in [0.1, 0.15) is 0 Å². The quantitative estimate of drug-likeness (QED) is 0.621. The number of nitrogens with one attached hydrogen (secondary N) is 2. The maximum Gasteiger partial charge on any atom is 0.321 e. The number of nitrogens with zero attached hydrogens (tertiary/aromatic N) is 4. The largest absolute Gasteiger partial charge is 0.348 e. The highest BCUT2D eigenvalue weighted by molar-refractivity contribution is 5.95. The highest BCUT2D eigenvalue weighted by Gasteiger charge is 2.31. The molecule has 192 valence electrons. The van der Waals surface area contributed by atoms with Crippen LogP contribution < -0.4 is 15.5 Å². The van der Waals surface area contributed by atoms with Crippen LogP contribution in [0.1, 0.15) is 66.8 Å². The van der Waals surface area contributed by atoms with Crippen LogP contribution in [-0.2, 0) is 30.7 Å². The van der Waals surface area contributed by atoms with E-state index >= 15 is 0 Å². The molecule has 0 radical (unpaired) electrons. The first-order chi connectivity index (χ1) is 17.4. The molecule has 2 fully saturated rings. The molecule has 1 aromatic carbocycles. The maximum atomic E-state index is 13.2. The molecule has 9 heteroatoms. The summed E-state index contributed by atoms with van der Waals surface area (Å²) in [7, 11) is 0. The van der Waals surface area contributed by atoms with Crippen LogP contribution in [-0.4, -0.2) is 58.2 Å². The number of aromatic nitrogens is 2. The van der Waals surface area contributed by atoms with Crippen LogP contribution in [0.3, 0.4) is 0 Å². The predicted molar refractivity (Wildman–Crippen MR) is 137 cm³/mol. The topological polar surface area (TPSA) is 99.6 Å². The second kappa shape index (κ2) is 10.3. The molecule has 4 amide bonds. The van der Waals surface area contributed by atoms with Crippen molar-refractivity contribution >= 4 is 23.5 Å². The second-order valence-electron chi connectivity index (χ2n) is 10.6. The van der Waals surface area contributed by atoms with Crippen molar-refractivity contribution in [3.8, 4) is 0 Å². The van der Waals surface area contributed by atoms with Gasteiger partial charge in [-0.05, 0) is 36.5 Å². The number of carbonyl (C=O) groups is 3. The summed E-state index contributed by atoms with van der Waals surface area (Å²) in [6.07, 6.45) is 5.32. The van der Waals surface area contributed by atoms with E-state index in [2.05, 4.69) is 24.5 Å². The van der Waals surface area contributed by atoms with E-state index in [1.54, 1.807) is 4.90 Å². The summed E-state index contributed by atoms with van der Waals surface area (Å²) in [5.74, 6) is 0.330. The Balaban J connectivity index is 1.29. The first-order valence-electron chi connectivity index (χ1n) is 13.2. The van der Waals surface area contributed by atoms with E-state index in [9.17, 15) is 14.4 Å². The van der Waals surface area contributed by atoms with Crippen molar-refractivity contribution in [1.82, 2.24) is 25.3 Å². The minimum atomic E-state index is -0.114. The van der Waals surface area contributed by atoms with Crippen LogP contribution >= 0.6 is 0 Å². The summed E-state index contributed by atoms with van der Waals surface area (Å²) in [5, 5.41) is 10.7. The van der Waals surface area contributed by atoms with Gasteiger partial charge in [-0.2, -0.15) is 5.10 Å². The predicted octanol–water partition coefficient (Wildman–Crippen LogP) is 2.87. The van der Waals surface area contributed by atoms with Crippen molar-refractivity contribution in [2.24, 2.45) is 5.92 Å². The van der Waals surface area contributed by atoms with Gasteiger partial charge in [0.05, 0.1) is 6.42 Å². The molecular formula is C27H36N6O3. The minimum Gasteiger partial charge on any atom is -0.348 e. The second-order valence-corrected chi connectivity index (χ2v) is 10.6. The molecule has 2 aromatic rings.